The summed E-state index contributed by atoms with van der Waals surface area (Å²) in [5.41, 5.74) is 5.29. The summed E-state index contributed by atoms with van der Waals surface area (Å²) in [7, 11) is 0. The van der Waals surface area contributed by atoms with Crippen LogP contribution in [0.5, 0.6) is 0 Å². The first-order valence-corrected chi connectivity index (χ1v) is 11.6. The summed E-state index contributed by atoms with van der Waals surface area (Å²) >= 11 is 0. The molecule has 0 saturated heterocycles. The molecular weight excluding hydrogens is 409 g/mol. The van der Waals surface area contributed by atoms with Crippen LogP contribution in [0.15, 0.2) is 62.0 Å². The molecule has 0 unspecified atom stereocenters. The van der Waals surface area contributed by atoms with Crippen molar-refractivity contribution < 1.29 is 9.90 Å². The fraction of sp³-hybridized carbons (Fsp3) is 0.296. The molecule has 1 aliphatic rings. The van der Waals surface area contributed by atoms with Crippen LogP contribution < -0.4 is 5.46 Å². The van der Waals surface area contributed by atoms with Crippen molar-refractivity contribution in [3.05, 3.63) is 73.1 Å². The Bertz CT molecular complexity index is 1250. The Morgan fingerprint density at radius 2 is 2.03 bits per heavy atom. The highest BCUT2D eigenvalue weighted by atomic mass is 16.4. The number of hydrogen-bond acceptors (Lipinski definition) is 3. The predicted molar refractivity (Wildman–Crippen MR) is 134 cm³/mol. The molecule has 2 heterocycles. The van der Waals surface area contributed by atoms with E-state index >= 15 is 0 Å². The minimum Gasteiger partial charge on any atom is -0.478 e. The zero-order chi connectivity index (χ0) is 23.4. The molecule has 0 radical (unpaired) electrons. The molecule has 1 N–H and O–H groups in total. The van der Waals surface area contributed by atoms with E-state index in [0.29, 0.717) is 18.8 Å². The third-order valence-electron chi connectivity index (χ3n) is 6.72. The van der Waals surface area contributed by atoms with Crippen molar-refractivity contribution in [2.45, 2.75) is 50.9 Å². The molecule has 0 amide bonds. The van der Waals surface area contributed by atoms with Gasteiger partial charge in [0.05, 0.1) is 11.3 Å². The van der Waals surface area contributed by atoms with Gasteiger partial charge in [-0.25, -0.2) is 10.1 Å². The molecule has 1 aliphatic carbocycles. The van der Waals surface area contributed by atoms with Gasteiger partial charge in [0.25, 0.3) is 0 Å². The summed E-state index contributed by atoms with van der Waals surface area (Å²) in [4.78, 5) is 16.2. The highest BCUT2D eigenvalue weighted by Gasteiger charge is 2.29. The lowest BCUT2D eigenvalue weighted by atomic mass is 9.43. The van der Waals surface area contributed by atoms with E-state index in [0.717, 1.165) is 40.5 Å². The maximum atomic E-state index is 11.7. The Labute approximate surface area is 195 Å². The van der Waals surface area contributed by atoms with E-state index in [1.165, 1.54) is 24.8 Å². The number of hydrogen-bond donors (Lipinski definition) is 1. The lowest BCUT2D eigenvalue weighted by Crippen LogP contribution is -2.30. The predicted octanol–water partition coefficient (Wildman–Crippen LogP) is 5.59. The zero-order valence-electron chi connectivity index (χ0n) is 18.8. The molecule has 6 heteroatoms. The molecule has 166 valence electrons. The van der Waals surface area contributed by atoms with E-state index in [-0.39, 0.29) is 12.3 Å². The normalized spacial score (nSPS) is 14.0. The second-order valence-corrected chi connectivity index (χ2v) is 8.70. The lowest BCUT2D eigenvalue weighted by Gasteiger charge is -2.24. The summed E-state index contributed by atoms with van der Waals surface area (Å²) in [6.07, 6.45) is 13.6. The van der Waals surface area contributed by atoms with Gasteiger partial charge in [-0.15, -0.1) is 13.2 Å². The zero-order valence-corrected chi connectivity index (χ0v) is 18.8. The molecule has 33 heavy (non-hydrogen) atoms. The average Bonchev–Trinajstić information content (AvgIpc) is 3.16. The van der Waals surface area contributed by atoms with Gasteiger partial charge in [0.1, 0.15) is 0 Å². The van der Waals surface area contributed by atoms with Crippen molar-refractivity contribution in [2.24, 2.45) is 0 Å². The molecule has 0 aliphatic heterocycles. The fourth-order valence-electron chi connectivity index (χ4n) is 5.25. The highest BCUT2D eigenvalue weighted by Crippen LogP contribution is 2.44. The van der Waals surface area contributed by atoms with Gasteiger partial charge in [-0.05, 0) is 54.3 Å². The van der Waals surface area contributed by atoms with Crippen molar-refractivity contribution >= 4 is 29.0 Å². The minimum absolute atomic E-state index is 0.264. The van der Waals surface area contributed by atoms with Crippen LogP contribution in [-0.2, 0) is 6.54 Å². The number of carbonyl (C=O) groups is 1. The molecule has 3 aromatic rings. The fourth-order valence-corrected chi connectivity index (χ4v) is 5.25. The Hall–Kier alpha value is -3.59. The van der Waals surface area contributed by atoms with Crippen LogP contribution >= 0.6 is 0 Å². The SMILES string of the molecule is C=CCB(C#N)c1ccncc1-c1c(C2CCCCC2)c2ccc(C(=O)O)cc2n1CC=C. The van der Waals surface area contributed by atoms with E-state index in [2.05, 4.69) is 28.7 Å². The number of allylic oxidation sites excluding steroid dienone is 2. The Morgan fingerprint density at radius 1 is 1.24 bits per heavy atom. The molecule has 1 saturated carbocycles. The van der Waals surface area contributed by atoms with Crippen molar-refractivity contribution in [1.82, 2.24) is 9.55 Å². The van der Waals surface area contributed by atoms with Gasteiger partial charge in [-0.1, -0.05) is 37.5 Å². The smallest absolute Gasteiger partial charge is 0.335 e. The minimum atomic E-state index is -0.943. The third-order valence-corrected chi connectivity index (χ3v) is 6.72. The van der Waals surface area contributed by atoms with Crippen LogP contribution in [0.25, 0.3) is 22.2 Å². The number of rotatable bonds is 8. The molecule has 0 spiro atoms. The average molecular weight is 437 g/mol. The van der Waals surface area contributed by atoms with Crippen LogP contribution in [0.1, 0.15) is 53.9 Å². The van der Waals surface area contributed by atoms with E-state index in [4.69, 9.17) is 0 Å². The number of nitrogens with zero attached hydrogens (tertiary/aromatic N) is 3. The van der Waals surface area contributed by atoms with E-state index < -0.39 is 5.97 Å². The van der Waals surface area contributed by atoms with Crippen LogP contribution in [0.4, 0.5) is 0 Å². The monoisotopic (exact) mass is 437 g/mol. The number of carboxylic acids is 1. The summed E-state index contributed by atoms with van der Waals surface area (Å²) in [5, 5.41) is 20.6. The largest absolute Gasteiger partial charge is 0.478 e. The number of fused-ring (bicyclic) bond motifs is 1. The number of aromatic carboxylic acids is 1. The Balaban J connectivity index is 2.08. The quantitative estimate of drug-likeness (QED) is 0.368. The number of pyridine rings is 1. The standard InChI is InChI=1S/C27H28BN3O2/c1-3-13-28(18-29)23-12-14-30-17-22(23)26-25(19-8-6-5-7-9-19)21-11-10-20(27(32)33)16-24(21)31(26)15-4-2/h3-4,10-12,14,16-17,19H,1-2,5-9,13,15H2,(H,32,33). The van der Waals surface area contributed by atoms with Gasteiger partial charge in [0.2, 0.25) is 0 Å². The first-order chi connectivity index (χ1) is 16.1. The lowest BCUT2D eigenvalue weighted by molar-refractivity contribution is 0.0697. The van der Waals surface area contributed by atoms with Crippen molar-refractivity contribution in [3.8, 4) is 17.2 Å². The third kappa shape index (κ3) is 4.24. The number of benzene rings is 1. The van der Waals surface area contributed by atoms with Crippen LogP contribution in [0, 0.1) is 11.2 Å². The van der Waals surface area contributed by atoms with Gasteiger partial charge in [0.15, 0.2) is 0 Å². The first-order valence-electron chi connectivity index (χ1n) is 11.6. The van der Waals surface area contributed by atoms with Crippen LogP contribution in [-0.4, -0.2) is 27.3 Å². The summed E-state index contributed by atoms with van der Waals surface area (Å²) < 4.78 is 2.15. The maximum Gasteiger partial charge on any atom is 0.335 e. The van der Waals surface area contributed by atoms with Gasteiger partial charge in [0, 0.05) is 41.4 Å². The van der Waals surface area contributed by atoms with Gasteiger partial charge >= 0.3 is 12.7 Å². The van der Waals surface area contributed by atoms with Crippen molar-refractivity contribution in [3.63, 3.8) is 0 Å². The van der Waals surface area contributed by atoms with Crippen LogP contribution in [0.2, 0.25) is 6.32 Å². The molecule has 0 atom stereocenters. The van der Waals surface area contributed by atoms with Gasteiger partial charge in [-0.3, -0.25) is 4.98 Å². The molecule has 4 rings (SSSR count). The van der Waals surface area contributed by atoms with Crippen molar-refractivity contribution in [2.75, 3.05) is 0 Å². The Kier molecular flexibility index (Phi) is 6.79. The first kappa shape index (κ1) is 22.6. The molecule has 5 nitrogen and oxygen atoms in total. The molecule has 2 aromatic heterocycles. The van der Waals surface area contributed by atoms with E-state index in [9.17, 15) is 15.2 Å². The Morgan fingerprint density at radius 3 is 2.70 bits per heavy atom. The molecular formula is C27H28BN3O2. The molecule has 1 fully saturated rings. The van der Waals surface area contributed by atoms with E-state index in [1.807, 2.05) is 24.4 Å². The van der Waals surface area contributed by atoms with E-state index in [1.54, 1.807) is 24.4 Å². The number of nitriles is 1. The summed E-state index contributed by atoms with van der Waals surface area (Å²) in [5.74, 6) is 1.87. The second kappa shape index (κ2) is 9.91. The van der Waals surface area contributed by atoms with Gasteiger partial charge < -0.3 is 9.67 Å². The second-order valence-electron chi connectivity index (χ2n) is 8.70. The number of carboxylic acid groups (broad SMARTS) is 1. The number of aromatic nitrogens is 2. The topological polar surface area (TPSA) is 78.9 Å². The van der Waals surface area contributed by atoms with Gasteiger partial charge in [-0.2, -0.15) is 0 Å². The summed E-state index contributed by atoms with van der Waals surface area (Å²) in [6, 6.07) is 7.33. The van der Waals surface area contributed by atoms with Crippen LogP contribution in [0.3, 0.4) is 0 Å². The maximum absolute atomic E-state index is 11.7. The molecule has 0 bridgehead atoms. The highest BCUT2D eigenvalue weighted by molar-refractivity contribution is 6.81. The molecule has 1 aromatic carbocycles. The van der Waals surface area contributed by atoms with Crippen molar-refractivity contribution in [1.29, 1.82) is 5.26 Å². The summed E-state index contributed by atoms with van der Waals surface area (Å²) in [6.45, 7) is 8.00.